The molecule has 0 fully saturated rings. The normalized spacial score (nSPS) is 11.6. The Morgan fingerprint density at radius 3 is 2.37 bits per heavy atom. The van der Waals surface area contributed by atoms with Crippen LogP contribution in [0.5, 0.6) is 5.75 Å². The maximum Gasteiger partial charge on any atom is 0.305 e. The lowest BCUT2D eigenvalue weighted by atomic mass is 10.0. The first-order valence-corrected chi connectivity index (χ1v) is 8.50. The molecule has 0 unspecified atom stereocenters. The Kier molecular flexibility index (Phi) is 6.99. The third-order valence-corrected chi connectivity index (χ3v) is 3.62. The molecular weight excluding hydrogens is 350 g/mol. The number of carbonyl (C=O) groups excluding carboxylic acids is 3. The van der Waals surface area contributed by atoms with Crippen LogP contribution in [0.25, 0.3) is 0 Å². The number of carbonyl (C=O) groups is 3. The molecule has 1 atom stereocenters. The molecule has 27 heavy (non-hydrogen) atoms. The van der Waals surface area contributed by atoms with Crippen molar-refractivity contribution < 1.29 is 23.5 Å². The number of hydrazine groups is 1. The highest BCUT2D eigenvalue weighted by Gasteiger charge is 2.23. The van der Waals surface area contributed by atoms with Gasteiger partial charge in [-0.05, 0) is 30.2 Å². The summed E-state index contributed by atoms with van der Waals surface area (Å²) in [5.41, 5.74) is 4.56. The van der Waals surface area contributed by atoms with Crippen molar-refractivity contribution in [1.29, 1.82) is 0 Å². The van der Waals surface area contributed by atoms with Gasteiger partial charge in [-0.2, -0.15) is 0 Å². The van der Waals surface area contributed by atoms with Gasteiger partial charge >= 0.3 is 5.91 Å². The van der Waals surface area contributed by atoms with Gasteiger partial charge in [0.25, 0.3) is 5.91 Å². The van der Waals surface area contributed by atoms with Crippen molar-refractivity contribution in [3.8, 4) is 5.75 Å². The van der Waals surface area contributed by atoms with Crippen LogP contribution in [-0.4, -0.2) is 23.8 Å². The number of rotatable bonds is 7. The van der Waals surface area contributed by atoms with Crippen LogP contribution in [0.15, 0.2) is 46.9 Å². The van der Waals surface area contributed by atoms with Gasteiger partial charge in [0, 0.05) is 6.92 Å². The van der Waals surface area contributed by atoms with Gasteiger partial charge in [-0.25, -0.2) is 0 Å². The number of nitrogens with one attached hydrogen (secondary N) is 3. The summed E-state index contributed by atoms with van der Waals surface area (Å²) >= 11 is 0. The minimum absolute atomic E-state index is 0.0302. The number of hydrogen-bond donors (Lipinski definition) is 3. The molecule has 1 heterocycles. The van der Waals surface area contributed by atoms with Crippen molar-refractivity contribution in [2.24, 2.45) is 5.92 Å². The average Bonchev–Trinajstić information content (AvgIpc) is 3.12. The Hall–Kier alpha value is -3.29. The highest BCUT2D eigenvalue weighted by Crippen LogP contribution is 2.13. The second-order valence-electron chi connectivity index (χ2n) is 6.23. The molecule has 0 saturated heterocycles. The van der Waals surface area contributed by atoms with E-state index in [1.807, 2.05) is 30.3 Å². The van der Waals surface area contributed by atoms with Crippen molar-refractivity contribution in [2.45, 2.75) is 33.4 Å². The third-order valence-electron chi connectivity index (χ3n) is 3.62. The molecule has 0 radical (unpaired) electrons. The lowest BCUT2D eigenvalue weighted by Crippen LogP contribution is -2.54. The molecule has 0 bridgehead atoms. The number of ether oxygens (including phenoxy) is 1. The first-order chi connectivity index (χ1) is 12.9. The fraction of sp³-hybridized carbons (Fsp3) is 0.316. The first-order valence-electron chi connectivity index (χ1n) is 8.50. The fourth-order valence-corrected chi connectivity index (χ4v) is 2.26. The van der Waals surface area contributed by atoms with Gasteiger partial charge in [-0.1, -0.05) is 32.0 Å². The monoisotopic (exact) mass is 373 g/mol. The van der Waals surface area contributed by atoms with E-state index in [1.54, 1.807) is 19.9 Å². The Bertz CT molecular complexity index is 786. The van der Waals surface area contributed by atoms with Crippen molar-refractivity contribution >= 4 is 17.7 Å². The molecular formula is C19H23N3O5. The number of hydrogen-bond acceptors (Lipinski definition) is 5. The summed E-state index contributed by atoms with van der Waals surface area (Å²) in [6.45, 7) is 5.06. The maximum atomic E-state index is 12.1. The molecule has 3 amide bonds. The fourth-order valence-electron chi connectivity index (χ4n) is 2.26. The topological polar surface area (TPSA) is 110 Å². The molecule has 8 heteroatoms. The molecule has 0 aliphatic heterocycles. The standard InChI is InChI=1S/C19H23N3O5/c1-12(2)17(20-13(3)23)19(25)22-21-18(24)16-10-9-15(27-16)11-26-14-7-5-4-6-8-14/h4-10,12,17H,11H2,1-3H3,(H,20,23)(H,21,24)(H,22,25)/t17-/m0/s1. The molecule has 0 aliphatic rings. The predicted molar refractivity (Wildman–Crippen MR) is 97.5 cm³/mol. The minimum atomic E-state index is -0.755. The summed E-state index contributed by atoms with van der Waals surface area (Å²) in [6, 6.07) is 11.6. The average molecular weight is 373 g/mol. The Morgan fingerprint density at radius 2 is 1.74 bits per heavy atom. The summed E-state index contributed by atoms with van der Waals surface area (Å²) in [5.74, 6) is -0.422. The van der Waals surface area contributed by atoms with Crippen molar-refractivity contribution in [3.63, 3.8) is 0 Å². The molecule has 0 aliphatic carbocycles. The number of benzene rings is 1. The highest BCUT2D eigenvalue weighted by molar-refractivity contribution is 5.94. The second-order valence-corrected chi connectivity index (χ2v) is 6.23. The van der Waals surface area contributed by atoms with Crippen molar-refractivity contribution in [1.82, 2.24) is 16.2 Å². The van der Waals surface area contributed by atoms with Crippen LogP contribution in [0.1, 0.15) is 37.1 Å². The quantitative estimate of drug-likeness (QED) is 0.641. The van der Waals surface area contributed by atoms with Gasteiger partial charge in [0.1, 0.15) is 24.2 Å². The molecule has 2 aromatic rings. The van der Waals surface area contributed by atoms with E-state index in [1.165, 1.54) is 13.0 Å². The zero-order valence-electron chi connectivity index (χ0n) is 15.4. The third kappa shape index (κ3) is 6.18. The highest BCUT2D eigenvalue weighted by atomic mass is 16.5. The number of para-hydroxylation sites is 1. The second kappa shape index (κ2) is 9.42. The van der Waals surface area contributed by atoms with E-state index in [2.05, 4.69) is 16.2 Å². The molecule has 144 valence electrons. The Morgan fingerprint density at radius 1 is 1.04 bits per heavy atom. The summed E-state index contributed by atoms with van der Waals surface area (Å²) in [4.78, 5) is 35.4. The predicted octanol–water partition coefficient (Wildman–Crippen LogP) is 1.78. The summed E-state index contributed by atoms with van der Waals surface area (Å²) in [6.07, 6.45) is 0. The number of amides is 3. The van der Waals surface area contributed by atoms with Gasteiger partial charge in [0.15, 0.2) is 5.76 Å². The van der Waals surface area contributed by atoms with Crippen LogP contribution < -0.4 is 20.9 Å². The molecule has 2 rings (SSSR count). The van der Waals surface area contributed by atoms with E-state index in [0.717, 1.165) is 0 Å². The SMILES string of the molecule is CC(=O)N[C@H](C(=O)NNC(=O)c1ccc(COc2ccccc2)o1)C(C)C. The van der Waals surface area contributed by atoms with Crippen LogP contribution in [0, 0.1) is 5.92 Å². The van der Waals surface area contributed by atoms with Crippen LogP contribution in [0.2, 0.25) is 0 Å². The maximum absolute atomic E-state index is 12.1. The smallest absolute Gasteiger partial charge is 0.305 e. The van der Waals surface area contributed by atoms with Gasteiger partial charge in [0.05, 0.1) is 0 Å². The Balaban J connectivity index is 1.86. The summed E-state index contributed by atoms with van der Waals surface area (Å²) in [5, 5.41) is 2.54. The van der Waals surface area contributed by atoms with Crippen LogP contribution >= 0.6 is 0 Å². The zero-order chi connectivity index (χ0) is 19.8. The minimum Gasteiger partial charge on any atom is -0.486 e. The lowest BCUT2D eigenvalue weighted by Gasteiger charge is -2.20. The molecule has 3 N–H and O–H groups in total. The van der Waals surface area contributed by atoms with Crippen LogP contribution in [-0.2, 0) is 16.2 Å². The molecule has 8 nitrogen and oxygen atoms in total. The molecule has 0 saturated carbocycles. The van der Waals surface area contributed by atoms with Gasteiger partial charge in [-0.3, -0.25) is 25.2 Å². The van der Waals surface area contributed by atoms with Crippen LogP contribution in [0.3, 0.4) is 0 Å². The molecule has 1 aromatic heterocycles. The van der Waals surface area contributed by atoms with E-state index in [9.17, 15) is 14.4 Å². The van der Waals surface area contributed by atoms with E-state index in [-0.39, 0.29) is 24.2 Å². The molecule has 0 spiro atoms. The van der Waals surface area contributed by atoms with Crippen LogP contribution in [0.4, 0.5) is 0 Å². The van der Waals surface area contributed by atoms with Gasteiger partial charge < -0.3 is 14.5 Å². The van der Waals surface area contributed by atoms with Gasteiger partial charge in [-0.15, -0.1) is 0 Å². The van der Waals surface area contributed by atoms with E-state index < -0.39 is 17.9 Å². The van der Waals surface area contributed by atoms with E-state index in [4.69, 9.17) is 9.15 Å². The molecule has 1 aromatic carbocycles. The lowest BCUT2D eigenvalue weighted by molar-refractivity contribution is -0.129. The van der Waals surface area contributed by atoms with E-state index >= 15 is 0 Å². The van der Waals surface area contributed by atoms with Crippen molar-refractivity contribution in [3.05, 3.63) is 54.0 Å². The van der Waals surface area contributed by atoms with E-state index in [0.29, 0.717) is 11.5 Å². The first kappa shape index (κ1) is 20.0. The number of furan rings is 1. The zero-order valence-corrected chi connectivity index (χ0v) is 15.4. The summed E-state index contributed by atoms with van der Waals surface area (Å²) < 4.78 is 11.0. The summed E-state index contributed by atoms with van der Waals surface area (Å²) in [7, 11) is 0. The largest absolute Gasteiger partial charge is 0.486 e. The van der Waals surface area contributed by atoms with Crippen molar-refractivity contribution in [2.75, 3.05) is 0 Å². The van der Waals surface area contributed by atoms with Gasteiger partial charge in [0.2, 0.25) is 5.91 Å². The Labute approximate surface area is 157 Å².